The lowest BCUT2D eigenvalue weighted by atomic mass is 10.2. The first-order valence-electron chi connectivity index (χ1n) is 7.37. The minimum Gasteiger partial charge on any atom is -0.454 e. The van der Waals surface area contributed by atoms with Gasteiger partial charge in [0, 0.05) is 10.6 Å². The van der Waals surface area contributed by atoms with Crippen LogP contribution in [-0.4, -0.2) is 31.4 Å². The largest absolute Gasteiger partial charge is 0.454 e. The van der Waals surface area contributed by atoms with E-state index in [0.717, 1.165) is 5.56 Å². The molecule has 3 rings (SSSR count). The van der Waals surface area contributed by atoms with Gasteiger partial charge in [-0.25, -0.2) is 5.43 Å². The van der Waals surface area contributed by atoms with E-state index in [2.05, 4.69) is 15.8 Å². The van der Waals surface area contributed by atoms with Crippen molar-refractivity contribution >= 4 is 29.6 Å². The summed E-state index contributed by atoms with van der Waals surface area (Å²) in [6, 6.07) is 11.8. The van der Waals surface area contributed by atoms with E-state index in [1.165, 1.54) is 6.21 Å². The van der Waals surface area contributed by atoms with Gasteiger partial charge in [0.05, 0.1) is 12.8 Å². The Bertz CT molecular complexity index is 838. The molecule has 8 heteroatoms. The minimum atomic E-state index is -0.452. The molecule has 0 spiro atoms. The number of amides is 2. The van der Waals surface area contributed by atoms with Gasteiger partial charge in [-0.1, -0.05) is 23.7 Å². The van der Waals surface area contributed by atoms with E-state index >= 15 is 0 Å². The van der Waals surface area contributed by atoms with Crippen molar-refractivity contribution in [1.82, 2.24) is 10.7 Å². The van der Waals surface area contributed by atoms with Crippen LogP contribution in [0, 0.1) is 0 Å². The van der Waals surface area contributed by atoms with E-state index in [4.69, 9.17) is 21.1 Å². The Morgan fingerprint density at radius 1 is 1.16 bits per heavy atom. The lowest BCUT2D eigenvalue weighted by Crippen LogP contribution is -2.34. The zero-order valence-electron chi connectivity index (χ0n) is 13.0. The monoisotopic (exact) mass is 359 g/mol. The van der Waals surface area contributed by atoms with Crippen LogP contribution < -0.4 is 20.2 Å². The number of ether oxygens (including phenoxy) is 2. The maximum absolute atomic E-state index is 12.0. The van der Waals surface area contributed by atoms with Crippen LogP contribution in [0.15, 0.2) is 47.6 Å². The van der Waals surface area contributed by atoms with E-state index in [9.17, 15) is 9.59 Å². The number of nitrogens with one attached hydrogen (secondary N) is 2. The molecule has 7 nitrogen and oxygen atoms in total. The maximum atomic E-state index is 12.0. The highest BCUT2D eigenvalue weighted by Crippen LogP contribution is 2.32. The highest BCUT2D eigenvalue weighted by molar-refractivity contribution is 6.30. The molecular weight excluding hydrogens is 346 g/mol. The molecular formula is C17H14ClN3O4. The predicted molar refractivity (Wildman–Crippen MR) is 92.1 cm³/mol. The fourth-order valence-corrected chi connectivity index (χ4v) is 2.30. The van der Waals surface area contributed by atoms with Crippen molar-refractivity contribution in [3.63, 3.8) is 0 Å². The van der Waals surface area contributed by atoms with E-state index in [1.807, 2.05) is 0 Å². The summed E-state index contributed by atoms with van der Waals surface area (Å²) in [5.41, 5.74) is 3.45. The highest BCUT2D eigenvalue weighted by atomic mass is 35.5. The van der Waals surface area contributed by atoms with Crippen molar-refractivity contribution in [3.8, 4) is 11.5 Å². The quantitative estimate of drug-likeness (QED) is 0.630. The van der Waals surface area contributed by atoms with Crippen molar-refractivity contribution in [2.45, 2.75) is 0 Å². The lowest BCUT2D eigenvalue weighted by molar-refractivity contribution is -0.120. The van der Waals surface area contributed by atoms with E-state index < -0.39 is 11.8 Å². The Labute approximate surface area is 148 Å². The summed E-state index contributed by atoms with van der Waals surface area (Å²) < 4.78 is 10.4. The third-order valence-electron chi connectivity index (χ3n) is 3.30. The summed E-state index contributed by atoms with van der Waals surface area (Å²) in [4.78, 5) is 23.8. The molecule has 0 saturated carbocycles. The van der Waals surface area contributed by atoms with Gasteiger partial charge >= 0.3 is 0 Å². The fraction of sp³-hybridized carbons (Fsp3) is 0.118. The van der Waals surface area contributed by atoms with Crippen molar-refractivity contribution in [1.29, 1.82) is 0 Å². The second-order valence-electron chi connectivity index (χ2n) is 5.10. The lowest BCUT2D eigenvalue weighted by Gasteiger charge is -2.05. The number of carbonyl (C=O) groups excluding carboxylic acids is 2. The third kappa shape index (κ3) is 4.48. The molecule has 25 heavy (non-hydrogen) atoms. The van der Waals surface area contributed by atoms with E-state index in [1.54, 1.807) is 42.5 Å². The smallest absolute Gasteiger partial charge is 0.259 e. The number of benzene rings is 2. The van der Waals surface area contributed by atoms with Gasteiger partial charge in [0.2, 0.25) is 6.79 Å². The van der Waals surface area contributed by atoms with Gasteiger partial charge in [-0.15, -0.1) is 0 Å². The summed E-state index contributed by atoms with van der Waals surface area (Å²) in [7, 11) is 0. The first-order valence-corrected chi connectivity index (χ1v) is 7.75. The van der Waals surface area contributed by atoms with Gasteiger partial charge in [0.15, 0.2) is 11.5 Å². The molecule has 0 unspecified atom stereocenters. The number of rotatable bonds is 5. The van der Waals surface area contributed by atoms with Crippen LogP contribution in [-0.2, 0) is 4.79 Å². The van der Waals surface area contributed by atoms with Crippen molar-refractivity contribution < 1.29 is 19.1 Å². The summed E-state index contributed by atoms with van der Waals surface area (Å²) in [6.07, 6.45) is 1.46. The maximum Gasteiger partial charge on any atom is 0.259 e. The molecule has 0 fully saturated rings. The first kappa shape index (κ1) is 16.8. The second-order valence-corrected chi connectivity index (χ2v) is 5.54. The standard InChI is InChI=1S/C17H14ClN3O4/c18-13-3-1-2-11(6-13)8-20-21-16(22)9-19-17(23)12-4-5-14-15(7-12)25-10-24-14/h1-8H,9-10H2,(H,19,23)(H,21,22). The Morgan fingerprint density at radius 2 is 2.00 bits per heavy atom. The summed E-state index contributed by atoms with van der Waals surface area (Å²) >= 11 is 5.85. The van der Waals surface area contributed by atoms with E-state index in [-0.39, 0.29) is 13.3 Å². The Balaban J connectivity index is 1.48. The Morgan fingerprint density at radius 3 is 2.84 bits per heavy atom. The number of halogens is 1. The minimum absolute atomic E-state index is 0.132. The number of hydrazone groups is 1. The summed E-state index contributed by atoms with van der Waals surface area (Å²) in [5.74, 6) is 0.243. The highest BCUT2D eigenvalue weighted by Gasteiger charge is 2.16. The molecule has 0 aromatic heterocycles. The SMILES string of the molecule is O=C(CNC(=O)c1ccc2c(c1)OCO2)NN=Cc1cccc(Cl)c1. The van der Waals surface area contributed by atoms with Crippen molar-refractivity contribution in [2.75, 3.05) is 13.3 Å². The number of hydrogen-bond donors (Lipinski definition) is 2. The molecule has 0 atom stereocenters. The molecule has 2 aromatic carbocycles. The van der Waals surface area contributed by atoms with Gasteiger partial charge in [0.25, 0.3) is 11.8 Å². The number of hydrogen-bond acceptors (Lipinski definition) is 5. The number of nitrogens with zero attached hydrogens (tertiary/aromatic N) is 1. The van der Waals surface area contributed by atoms with Gasteiger partial charge < -0.3 is 14.8 Å². The van der Waals surface area contributed by atoms with Crippen LogP contribution in [0.3, 0.4) is 0 Å². The normalized spacial score (nSPS) is 12.2. The topological polar surface area (TPSA) is 89.0 Å². The summed E-state index contributed by atoms with van der Waals surface area (Å²) in [6.45, 7) is -0.0758. The Kier molecular flexibility index (Phi) is 5.15. The zero-order chi connectivity index (χ0) is 17.6. The molecule has 0 radical (unpaired) electrons. The van der Waals surface area contributed by atoms with Crippen LogP contribution in [0.25, 0.3) is 0 Å². The fourth-order valence-electron chi connectivity index (χ4n) is 2.11. The van der Waals surface area contributed by atoms with Crippen LogP contribution >= 0.6 is 11.6 Å². The van der Waals surface area contributed by atoms with Gasteiger partial charge in [0.1, 0.15) is 0 Å². The molecule has 0 saturated heterocycles. The Hall–Kier alpha value is -3.06. The molecule has 0 bridgehead atoms. The number of fused-ring (bicyclic) bond motifs is 1. The van der Waals surface area contributed by atoms with Gasteiger partial charge in [-0.05, 0) is 35.9 Å². The average Bonchev–Trinajstić information content (AvgIpc) is 3.07. The van der Waals surface area contributed by atoms with Crippen molar-refractivity contribution in [2.24, 2.45) is 5.10 Å². The first-order chi connectivity index (χ1) is 12.1. The molecule has 0 aliphatic carbocycles. The molecule has 2 aromatic rings. The molecule has 2 amide bonds. The van der Waals surface area contributed by atoms with Crippen molar-refractivity contribution in [3.05, 3.63) is 58.6 Å². The second kappa shape index (κ2) is 7.67. The van der Waals surface area contributed by atoms with Gasteiger partial charge in [-0.3, -0.25) is 9.59 Å². The third-order valence-corrected chi connectivity index (χ3v) is 3.53. The molecule has 1 aliphatic heterocycles. The average molecular weight is 360 g/mol. The molecule has 1 aliphatic rings. The summed E-state index contributed by atoms with van der Waals surface area (Å²) in [5, 5.41) is 6.89. The van der Waals surface area contributed by atoms with Crippen LogP contribution in [0.4, 0.5) is 0 Å². The molecule has 128 valence electrons. The predicted octanol–water partition coefficient (Wildman–Crippen LogP) is 1.95. The van der Waals surface area contributed by atoms with Gasteiger partial charge in [-0.2, -0.15) is 5.10 Å². The molecule has 2 N–H and O–H groups in total. The van der Waals surface area contributed by atoms with Crippen LogP contribution in [0.2, 0.25) is 5.02 Å². The zero-order valence-corrected chi connectivity index (χ0v) is 13.7. The van der Waals surface area contributed by atoms with Crippen LogP contribution in [0.5, 0.6) is 11.5 Å². The van der Waals surface area contributed by atoms with Crippen LogP contribution in [0.1, 0.15) is 15.9 Å². The van der Waals surface area contributed by atoms with E-state index in [0.29, 0.717) is 22.1 Å². The number of carbonyl (C=O) groups is 2. The molecule has 1 heterocycles.